The molecule has 0 bridgehead atoms. The second-order valence-corrected chi connectivity index (χ2v) is 4.15. The van der Waals surface area contributed by atoms with Crippen LogP contribution in [0.15, 0.2) is 24.3 Å². The molecule has 9 heteroatoms. The molecule has 0 fully saturated rings. The molecule has 0 aliphatic carbocycles. The van der Waals surface area contributed by atoms with Crippen LogP contribution in [-0.2, 0) is 33.4 Å². The van der Waals surface area contributed by atoms with E-state index in [1.165, 1.54) is 24.3 Å². The Morgan fingerprint density at radius 2 is 1.65 bits per heavy atom. The van der Waals surface area contributed by atoms with Crippen molar-refractivity contribution in [3.05, 3.63) is 24.3 Å². The normalized spacial score (nSPS) is 9.61. The molecule has 0 aliphatic rings. The highest BCUT2D eigenvalue weighted by molar-refractivity contribution is 6.29. The Bertz CT molecular complexity index is 581. The summed E-state index contributed by atoms with van der Waals surface area (Å²) in [6.07, 6.45) is -0.385. The number of phenols is 1. The van der Waals surface area contributed by atoms with Crippen LogP contribution in [0, 0.1) is 0 Å². The maximum absolute atomic E-state index is 11.6. The molecular weight excluding hydrogens is 310 g/mol. The number of rotatable bonds is 6. The van der Waals surface area contributed by atoms with E-state index in [-0.39, 0.29) is 18.6 Å². The second-order valence-electron chi connectivity index (χ2n) is 4.15. The molecule has 1 aromatic rings. The molecule has 0 saturated heterocycles. The van der Waals surface area contributed by atoms with Crippen molar-refractivity contribution in [3.63, 3.8) is 0 Å². The first kappa shape index (κ1) is 18.0. The Kier molecular flexibility index (Phi) is 7.05. The van der Waals surface area contributed by atoms with E-state index in [1.807, 2.05) is 0 Å². The van der Waals surface area contributed by atoms with Crippen molar-refractivity contribution in [2.24, 2.45) is 0 Å². The van der Waals surface area contributed by atoms with Crippen LogP contribution in [0.3, 0.4) is 0 Å². The lowest BCUT2D eigenvalue weighted by Crippen LogP contribution is -2.21. The van der Waals surface area contributed by atoms with Crippen LogP contribution >= 0.6 is 0 Å². The third-order valence-electron chi connectivity index (χ3n) is 2.47. The van der Waals surface area contributed by atoms with Crippen LogP contribution in [0.1, 0.15) is 12.8 Å². The number of carbonyl (C=O) groups excluding carboxylic acids is 4. The second kappa shape index (κ2) is 9.03. The monoisotopic (exact) mass is 325 g/mol. The Balaban J connectivity index is 2.22. The fourth-order valence-electron chi connectivity index (χ4n) is 1.35. The summed E-state index contributed by atoms with van der Waals surface area (Å²) >= 11 is 0. The summed E-state index contributed by atoms with van der Waals surface area (Å²) in [5.41, 5.74) is 0.466. The van der Waals surface area contributed by atoms with E-state index in [1.54, 1.807) is 0 Å². The maximum Gasteiger partial charge on any atom is 0.420 e. The van der Waals surface area contributed by atoms with E-state index in [0.717, 1.165) is 7.11 Å². The van der Waals surface area contributed by atoms with E-state index in [4.69, 9.17) is 5.11 Å². The standard InChI is InChI=1S/C14H15NO8/c1-21-13(19)14(20)23-8-22-12(18)7-6-11(17)15-9-2-4-10(16)5-3-9/h2-5,16H,6-8H2,1H3,(H,15,17). The largest absolute Gasteiger partial charge is 0.508 e. The van der Waals surface area contributed by atoms with Crippen molar-refractivity contribution >= 4 is 29.5 Å². The number of benzene rings is 1. The number of ether oxygens (including phenoxy) is 3. The van der Waals surface area contributed by atoms with Crippen LogP contribution in [0.5, 0.6) is 5.75 Å². The molecule has 0 aliphatic heterocycles. The zero-order valence-electron chi connectivity index (χ0n) is 12.2. The van der Waals surface area contributed by atoms with E-state index in [2.05, 4.69) is 19.5 Å². The van der Waals surface area contributed by atoms with E-state index >= 15 is 0 Å². The van der Waals surface area contributed by atoms with Gasteiger partial charge in [0, 0.05) is 12.1 Å². The zero-order valence-corrected chi connectivity index (χ0v) is 12.2. The molecule has 0 spiro atoms. The number of carbonyl (C=O) groups is 4. The smallest absolute Gasteiger partial charge is 0.420 e. The van der Waals surface area contributed by atoms with Crippen molar-refractivity contribution in [1.82, 2.24) is 0 Å². The Morgan fingerprint density at radius 3 is 2.26 bits per heavy atom. The van der Waals surface area contributed by atoms with Gasteiger partial charge in [-0.25, -0.2) is 9.59 Å². The summed E-state index contributed by atoms with van der Waals surface area (Å²) in [7, 11) is 1.00. The van der Waals surface area contributed by atoms with Crippen molar-refractivity contribution in [2.75, 3.05) is 19.2 Å². The van der Waals surface area contributed by atoms with Crippen LogP contribution in [0.25, 0.3) is 0 Å². The molecule has 0 radical (unpaired) electrons. The summed E-state index contributed by atoms with van der Waals surface area (Å²) in [5.74, 6) is -3.64. The lowest BCUT2D eigenvalue weighted by Gasteiger charge is -2.06. The zero-order chi connectivity index (χ0) is 17.2. The third-order valence-corrected chi connectivity index (χ3v) is 2.47. The predicted octanol–water partition coefficient (Wildman–Crippen LogP) is 0.328. The van der Waals surface area contributed by atoms with Gasteiger partial charge >= 0.3 is 17.9 Å². The van der Waals surface area contributed by atoms with Crippen LogP contribution in [-0.4, -0.2) is 42.8 Å². The van der Waals surface area contributed by atoms with Gasteiger partial charge < -0.3 is 24.6 Å². The topological polar surface area (TPSA) is 128 Å². The number of aromatic hydroxyl groups is 1. The van der Waals surface area contributed by atoms with Gasteiger partial charge in [0.05, 0.1) is 13.5 Å². The highest BCUT2D eigenvalue weighted by Crippen LogP contribution is 2.14. The molecular formula is C14H15NO8. The highest BCUT2D eigenvalue weighted by atomic mass is 16.7. The summed E-state index contributed by atoms with van der Waals surface area (Å²) < 4.78 is 12.9. The number of hydrogen-bond acceptors (Lipinski definition) is 8. The number of nitrogens with one attached hydrogen (secondary N) is 1. The van der Waals surface area contributed by atoms with Crippen LogP contribution in [0.4, 0.5) is 5.69 Å². The molecule has 1 rings (SSSR count). The molecule has 23 heavy (non-hydrogen) atoms. The van der Waals surface area contributed by atoms with Crippen molar-refractivity contribution in [3.8, 4) is 5.75 Å². The van der Waals surface area contributed by atoms with Gasteiger partial charge in [0.1, 0.15) is 5.75 Å². The van der Waals surface area contributed by atoms with Gasteiger partial charge in [-0.05, 0) is 24.3 Å². The van der Waals surface area contributed by atoms with Gasteiger partial charge in [-0.1, -0.05) is 0 Å². The molecule has 1 aromatic carbocycles. The summed E-state index contributed by atoms with van der Waals surface area (Å²) in [6.45, 7) is -0.744. The maximum atomic E-state index is 11.6. The molecule has 1 amide bonds. The first-order valence-corrected chi connectivity index (χ1v) is 6.42. The van der Waals surface area contributed by atoms with Crippen molar-refractivity contribution in [1.29, 1.82) is 0 Å². The van der Waals surface area contributed by atoms with Gasteiger partial charge in [0.2, 0.25) is 12.7 Å². The van der Waals surface area contributed by atoms with E-state index in [9.17, 15) is 19.2 Å². The van der Waals surface area contributed by atoms with Crippen LogP contribution < -0.4 is 5.32 Å². The molecule has 0 unspecified atom stereocenters. The first-order chi connectivity index (χ1) is 10.9. The Morgan fingerprint density at radius 1 is 1.00 bits per heavy atom. The Hall–Kier alpha value is -3.10. The summed E-state index contributed by atoms with van der Waals surface area (Å²) in [6, 6.07) is 5.80. The minimum atomic E-state index is -1.29. The molecule has 124 valence electrons. The number of esters is 3. The summed E-state index contributed by atoms with van der Waals surface area (Å²) in [4.78, 5) is 44.5. The summed E-state index contributed by atoms with van der Waals surface area (Å²) in [5, 5.41) is 11.6. The first-order valence-electron chi connectivity index (χ1n) is 6.42. The van der Waals surface area contributed by atoms with Crippen LogP contribution in [0.2, 0.25) is 0 Å². The Labute approximate surface area is 131 Å². The average molecular weight is 325 g/mol. The molecule has 2 N–H and O–H groups in total. The fraction of sp³-hybridized carbons (Fsp3) is 0.286. The fourth-order valence-corrected chi connectivity index (χ4v) is 1.35. The molecule has 0 saturated carbocycles. The molecule has 0 heterocycles. The van der Waals surface area contributed by atoms with Gasteiger partial charge in [-0.15, -0.1) is 0 Å². The molecule has 9 nitrogen and oxygen atoms in total. The third kappa shape index (κ3) is 6.93. The number of amides is 1. The van der Waals surface area contributed by atoms with Crippen molar-refractivity contribution < 1.29 is 38.5 Å². The van der Waals surface area contributed by atoms with E-state index < -0.39 is 30.6 Å². The van der Waals surface area contributed by atoms with Gasteiger partial charge in [0.15, 0.2) is 0 Å². The van der Waals surface area contributed by atoms with Gasteiger partial charge in [-0.2, -0.15) is 0 Å². The van der Waals surface area contributed by atoms with Gasteiger partial charge in [0.25, 0.3) is 0 Å². The molecule has 0 aromatic heterocycles. The quantitative estimate of drug-likeness (QED) is 0.331. The number of anilines is 1. The highest BCUT2D eigenvalue weighted by Gasteiger charge is 2.16. The minimum Gasteiger partial charge on any atom is -0.508 e. The van der Waals surface area contributed by atoms with Gasteiger partial charge in [-0.3, -0.25) is 9.59 Å². The average Bonchev–Trinajstić information content (AvgIpc) is 2.54. The van der Waals surface area contributed by atoms with Crippen molar-refractivity contribution in [2.45, 2.75) is 12.8 Å². The lowest BCUT2D eigenvalue weighted by molar-refractivity contribution is -0.177. The number of methoxy groups -OCH3 is 1. The number of hydrogen-bond donors (Lipinski definition) is 2. The number of phenolic OH excluding ortho intramolecular Hbond substituents is 1. The van der Waals surface area contributed by atoms with E-state index in [0.29, 0.717) is 5.69 Å². The predicted molar refractivity (Wildman–Crippen MR) is 75.0 cm³/mol. The lowest BCUT2D eigenvalue weighted by atomic mass is 10.2. The molecule has 0 atom stereocenters. The minimum absolute atomic E-state index is 0.0630. The SMILES string of the molecule is COC(=O)C(=O)OCOC(=O)CCC(=O)Nc1ccc(O)cc1.